The molecule has 0 saturated heterocycles. The van der Waals surface area contributed by atoms with Crippen LogP contribution in [0.25, 0.3) is 10.6 Å². The molecule has 2 amide bonds. The summed E-state index contributed by atoms with van der Waals surface area (Å²) in [5, 5.41) is 6.28. The summed E-state index contributed by atoms with van der Waals surface area (Å²) in [6, 6.07) is 10.9. The van der Waals surface area contributed by atoms with Crippen LogP contribution in [0.15, 0.2) is 47.1 Å². The van der Waals surface area contributed by atoms with E-state index in [1.54, 1.807) is 18.4 Å². The fourth-order valence-electron chi connectivity index (χ4n) is 2.29. The van der Waals surface area contributed by atoms with E-state index in [9.17, 15) is 9.59 Å². The Balaban J connectivity index is 1.73. The van der Waals surface area contributed by atoms with Crippen molar-refractivity contribution in [3.8, 4) is 10.6 Å². The SMILES string of the molecule is CC(=O)Nc1ccc(-c2nc(C(=O)NCc3ccco3)c(C)s2)cc1. The number of nitrogens with one attached hydrogen (secondary N) is 2. The molecule has 0 spiro atoms. The van der Waals surface area contributed by atoms with E-state index in [0.29, 0.717) is 18.0 Å². The predicted molar refractivity (Wildman–Crippen MR) is 96.5 cm³/mol. The summed E-state index contributed by atoms with van der Waals surface area (Å²) >= 11 is 1.46. The number of aryl methyl sites for hydroxylation is 1. The van der Waals surface area contributed by atoms with Crippen molar-refractivity contribution in [1.29, 1.82) is 0 Å². The average Bonchev–Trinajstić information content (AvgIpc) is 3.22. The molecule has 0 aliphatic heterocycles. The third kappa shape index (κ3) is 4.13. The quantitative estimate of drug-likeness (QED) is 0.732. The molecule has 0 fully saturated rings. The summed E-state index contributed by atoms with van der Waals surface area (Å²) < 4.78 is 5.20. The van der Waals surface area contributed by atoms with Gasteiger partial charge in [-0.1, -0.05) is 0 Å². The van der Waals surface area contributed by atoms with Gasteiger partial charge >= 0.3 is 0 Å². The van der Waals surface area contributed by atoms with Gasteiger partial charge in [0, 0.05) is 23.1 Å². The van der Waals surface area contributed by atoms with Crippen LogP contribution >= 0.6 is 11.3 Å². The number of hydrogen-bond donors (Lipinski definition) is 2. The number of anilines is 1. The van der Waals surface area contributed by atoms with Crippen LogP contribution in [0, 0.1) is 6.92 Å². The third-order valence-electron chi connectivity index (χ3n) is 3.47. The number of thiazole rings is 1. The molecule has 0 aliphatic rings. The molecule has 1 aromatic carbocycles. The van der Waals surface area contributed by atoms with Gasteiger partial charge in [-0.15, -0.1) is 11.3 Å². The first kappa shape index (κ1) is 16.9. The molecule has 0 bridgehead atoms. The first-order chi connectivity index (χ1) is 12.0. The van der Waals surface area contributed by atoms with Crippen molar-refractivity contribution in [1.82, 2.24) is 10.3 Å². The zero-order chi connectivity index (χ0) is 17.8. The number of amides is 2. The van der Waals surface area contributed by atoms with Crippen molar-refractivity contribution < 1.29 is 14.0 Å². The summed E-state index contributed by atoms with van der Waals surface area (Å²) in [6.45, 7) is 3.66. The standard InChI is InChI=1S/C18H17N3O3S/c1-11-16(17(23)19-10-15-4-3-9-24-15)21-18(25-11)13-5-7-14(8-6-13)20-12(2)22/h3-9H,10H2,1-2H3,(H,19,23)(H,20,22). The lowest BCUT2D eigenvalue weighted by molar-refractivity contribution is -0.114. The van der Waals surface area contributed by atoms with Gasteiger partial charge in [-0.3, -0.25) is 9.59 Å². The Morgan fingerprint density at radius 3 is 2.60 bits per heavy atom. The molecule has 6 nitrogen and oxygen atoms in total. The van der Waals surface area contributed by atoms with E-state index in [0.717, 1.165) is 21.1 Å². The predicted octanol–water partition coefficient (Wildman–Crippen LogP) is 3.60. The second-order valence-electron chi connectivity index (χ2n) is 5.44. The molecule has 3 rings (SSSR count). The molecule has 0 unspecified atom stereocenters. The number of carbonyl (C=O) groups is 2. The van der Waals surface area contributed by atoms with Gasteiger partial charge in [0.2, 0.25) is 5.91 Å². The van der Waals surface area contributed by atoms with Crippen LogP contribution in [-0.2, 0) is 11.3 Å². The Hall–Kier alpha value is -2.93. The lowest BCUT2D eigenvalue weighted by atomic mass is 10.2. The fourth-order valence-corrected chi connectivity index (χ4v) is 3.21. The molecule has 0 saturated carbocycles. The third-order valence-corrected chi connectivity index (χ3v) is 4.49. The van der Waals surface area contributed by atoms with Gasteiger partial charge in [0.1, 0.15) is 16.5 Å². The molecule has 128 valence electrons. The van der Waals surface area contributed by atoms with Crippen molar-refractivity contribution in [3.05, 3.63) is 59.0 Å². The summed E-state index contributed by atoms with van der Waals surface area (Å²) in [5.74, 6) is 0.342. The Kier molecular flexibility index (Phi) is 4.95. The lowest BCUT2D eigenvalue weighted by Gasteiger charge is -2.02. The monoisotopic (exact) mass is 355 g/mol. The number of carbonyl (C=O) groups excluding carboxylic acids is 2. The molecule has 0 radical (unpaired) electrons. The van der Waals surface area contributed by atoms with E-state index in [1.165, 1.54) is 18.3 Å². The van der Waals surface area contributed by atoms with Crippen molar-refractivity contribution in [3.63, 3.8) is 0 Å². The molecular formula is C18H17N3O3S. The van der Waals surface area contributed by atoms with Gasteiger partial charge in [-0.2, -0.15) is 0 Å². The zero-order valence-electron chi connectivity index (χ0n) is 13.8. The maximum Gasteiger partial charge on any atom is 0.271 e. The van der Waals surface area contributed by atoms with Crippen LogP contribution in [0.5, 0.6) is 0 Å². The number of nitrogens with zero attached hydrogens (tertiary/aromatic N) is 1. The van der Waals surface area contributed by atoms with Crippen LogP contribution < -0.4 is 10.6 Å². The minimum Gasteiger partial charge on any atom is -0.467 e. The van der Waals surface area contributed by atoms with Gasteiger partial charge in [-0.25, -0.2) is 4.98 Å². The minimum absolute atomic E-state index is 0.117. The summed E-state index contributed by atoms with van der Waals surface area (Å²) in [5.41, 5.74) is 2.03. The molecular weight excluding hydrogens is 338 g/mol. The molecule has 7 heteroatoms. The maximum absolute atomic E-state index is 12.3. The van der Waals surface area contributed by atoms with E-state index in [2.05, 4.69) is 15.6 Å². The van der Waals surface area contributed by atoms with Crippen LogP contribution in [0.3, 0.4) is 0 Å². The summed E-state index contributed by atoms with van der Waals surface area (Å²) in [7, 11) is 0. The summed E-state index contributed by atoms with van der Waals surface area (Å²) in [4.78, 5) is 28.7. The van der Waals surface area contributed by atoms with Gasteiger partial charge < -0.3 is 15.1 Å². The number of aromatic nitrogens is 1. The van der Waals surface area contributed by atoms with Crippen molar-refractivity contribution in [2.24, 2.45) is 0 Å². The highest BCUT2D eigenvalue weighted by Crippen LogP contribution is 2.28. The van der Waals surface area contributed by atoms with Crippen molar-refractivity contribution in [2.75, 3.05) is 5.32 Å². The Labute approximate surface area is 148 Å². The smallest absolute Gasteiger partial charge is 0.271 e. The van der Waals surface area contributed by atoms with E-state index in [1.807, 2.05) is 31.2 Å². The van der Waals surface area contributed by atoms with Crippen molar-refractivity contribution in [2.45, 2.75) is 20.4 Å². The number of benzene rings is 1. The molecule has 0 aliphatic carbocycles. The number of furan rings is 1. The van der Waals surface area contributed by atoms with Crippen LogP contribution in [0.2, 0.25) is 0 Å². The Bertz CT molecular complexity index is 883. The number of hydrogen-bond acceptors (Lipinski definition) is 5. The second kappa shape index (κ2) is 7.31. The Morgan fingerprint density at radius 1 is 1.20 bits per heavy atom. The van der Waals surface area contributed by atoms with E-state index < -0.39 is 0 Å². The van der Waals surface area contributed by atoms with Gasteiger partial charge in [0.05, 0.1) is 12.8 Å². The molecule has 2 N–H and O–H groups in total. The Morgan fingerprint density at radius 2 is 1.96 bits per heavy atom. The second-order valence-corrected chi connectivity index (χ2v) is 6.65. The average molecular weight is 355 g/mol. The van der Waals surface area contributed by atoms with Gasteiger partial charge in [0.25, 0.3) is 5.91 Å². The molecule has 25 heavy (non-hydrogen) atoms. The lowest BCUT2D eigenvalue weighted by Crippen LogP contribution is -2.23. The summed E-state index contributed by atoms with van der Waals surface area (Å²) in [6.07, 6.45) is 1.57. The number of rotatable bonds is 5. The molecule has 3 aromatic rings. The van der Waals surface area contributed by atoms with Crippen LogP contribution in [0.1, 0.15) is 28.0 Å². The molecule has 0 atom stereocenters. The highest BCUT2D eigenvalue weighted by Gasteiger charge is 2.16. The van der Waals surface area contributed by atoms with Gasteiger partial charge in [0.15, 0.2) is 0 Å². The topological polar surface area (TPSA) is 84.2 Å². The van der Waals surface area contributed by atoms with E-state index in [4.69, 9.17) is 4.42 Å². The minimum atomic E-state index is -0.230. The fraction of sp³-hybridized carbons (Fsp3) is 0.167. The molecule has 2 heterocycles. The zero-order valence-corrected chi connectivity index (χ0v) is 14.6. The van der Waals surface area contributed by atoms with E-state index in [-0.39, 0.29) is 11.8 Å². The first-order valence-electron chi connectivity index (χ1n) is 7.69. The highest BCUT2D eigenvalue weighted by molar-refractivity contribution is 7.15. The van der Waals surface area contributed by atoms with Crippen LogP contribution in [0.4, 0.5) is 5.69 Å². The normalized spacial score (nSPS) is 10.5. The molecule has 2 aromatic heterocycles. The van der Waals surface area contributed by atoms with Gasteiger partial charge in [-0.05, 0) is 43.3 Å². The van der Waals surface area contributed by atoms with Crippen LogP contribution in [-0.4, -0.2) is 16.8 Å². The van der Waals surface area contributed by atoms with Crippen molar-refractivity contribution >= 4 is 28.8 Å². The maximum atomic E-state index is 12.3. The van der Waals surface area contributed by atoms with E-state index >= 15 is 0 Å². The first-order valence-corrected chi connectivity index (χ1v) is 8.50. The highest BCUT2D eigenvalue weighted by atomic mass is 32.1. The largest absolute Gasteiger partial charge is 0.467 e.